The number of benzene rings is 1. The molecule has 2 N–H and O–H groups in total. The number of carbonyl (C=O) groups is 1. The van der Waals surface area contributed by atoms with Crippen molar-refractivity contribution in [3.63, 3.8) is 0 Å². The molecule has 0 bridgehead atoms. The van der Waals surface area contributed by atoms with Gasteiger partial charge in [0, 0.05) is 5.56 Å². The molecule has 12 heavy (non-hydrogen) atoms. The highest BCUT2D eigenvalue weighted by molar-refractivity contribution is 6.04. The summed E-state index contributed by atoms with van der Waals surface area (Å²) in [6, 6.07) is 5.57. The van der Waals surface area contributed by atoms with Crippen molar-refractivity contribution in [1.29, 1.82) is 0 Å². The van der Waals surface area contributed by atoms with E-state index in [1.54, 1.807) is 0 Å². The molecule has 0 saturated heterocycles. The van der Waals surface area contributed by atoms with Crippen molar-refractivity contribution in [3.05, 3.63) is 34.9 Å². The van der Waals surface area contributed by atoms with E-state index < -0.39 is 0 Å². The molecule has 2 rings (SSSR count). The molecule has 1 aromatic rings. The molecule has 1 unspecified atom stereocenters. The van der Waals surface area contributed by atoms with Gasteiger partial charge >= 0.3 is 0 Å². The number of carbonyl (C=O) groups excluding carboxylic acids is 1. The van der Waals surface area contributed by atoms with Crippen molar-refractivity contribution in [2.24, 2.45) is 5.73 Å². The monoisotopic (exact) mass is 161 g/mol. The van der Waals surface area contributed by atoms with Gasteiger partial charge in [-0.25, -0.2) is 0 Å². The summed E-state index contributed by atoms with van der Waals surface area (Å²) in [5.41, 5.74) is 8.74. The van der Waals surface area contributed by atoms with Crippen molar-refractivity contribution in [2.75, 3.05) is 0 Å². The molecule has 1 aliphatic rings. The normalized spacial score (nSPS) is 21.2. The number of hydrogen-bond acceptors (Lipinski definition) is 2. The zero-order valence-corrected chi connectivity index (χ0v) is 7.00. The Bertz CT molecular complexity index is 344. The van der Waals surface area contributed by atoms with Gasteiger partial charge in [0.25, 0.3) is 0 Å². The molecule has 1 aliphatic carbocycles. The van der Waals surface area contributed by atoms with Crippen molar-refractivity contribution < 1.29 is 4.79 Å². The Morgan fingerprint density at radius 1 is 1.50 bits per heavy atom. The average Bonchev–Trinajstić information content (AvgIpc) is 2.28. The third-order valence-electron chi connectivity index (χ3n) is 2.30. The number of fused-ring (bicyclic) bond motifs is 1. The van der Waals surface area contributed by atoms with E-state index in [-0.39, 0.29) is 11.8 Å². The zero-order chi connectivity index (χ0) is 8.72. The smallest absolute Gasteiger partial charge is 0.180 e. The van der Waals surface area contributed by atoms with Gasteiger partial charge in [0.05, 0.1) is 6.04 Å². The molecular weight excluding hydrogens is 150 g/mol. The summed E-state index contributed by atoms with van der Waals surface area (Å²) in [5.74, 6) is 0.0880. The predicted molar refractivity (Wildman–Crippen MR) is 47.2 cm³/mol. The number of aryl methyl sites for hydroxylation is 1. The lowest BCUT2D eigenvalue weighted by Crippen LogP contribution is -2.26. The van der Waals surface area contributed by atoms with Gasteiger partial charge in [0.15, 0.2) is 5.78 Å². The molecule has 0 aliphatic heterocycles. The quantitative estimate of drug-likeness (QED) is 0.618. The van der Waals surface area contributed by atoms with Crippen LogP contribution < -0.4 is 5.73 Å². The fourth-order valence-electron chi connectivity index (χ4n) is 1.66. The first-order valence-electron chi connectivity index (χ1n) is 4.08. The van der Waals surface area contributed by atoms with Crippen LogP contribution in [-0.2, 0) is 6.42 Å². The second-order valence-electron chi connectivity index (χ2n) is 3.34. The second kappa shape index (κ2) is 2.42. The zero-order valence-electron chi connectivity index (χ0n) is 7.00. The molecule has 2 nitrogen and oxygen atoms in total. The maximum Gasteiger partial charge on any atom is 0.180 e. The van der Waals surface area contributed by atoms with Crippen LogP contribution in [0.1, 0.15) is 21.5 Å². The number of nitrogens with two attached hydrogens (primary N) is 1. The van der Waals surface area contributed by atoms with E-state index in [0.717, 1.165) is 11.1 Å². The predicted octanol–water partition coefficient (Wildman–Crippen LogP) is 1.06. The molecule has 0 aromatic heterocycles. The number of ketones is 1. The summed E-state index contributed by atoms with van der Waals surface area (Å²) in [7, 11) is 0. The maximum atomic E-state index is 11.4. The Morgan fingerprint density at radius 2 is 2.25 bits per heavy atom. The van der Waals surface area contributed by atoms with E-state index in [4.69, 9.17) is 5.73 Å². The number of Topliss-reactive ketones (excluding diaryl/α,β-unsaturated/α-hetero) is 1. The Kier molecular flexibility index (Phi) is 1.51. The van der Waals surface area contributed by atoms with Crippen LogP contribution in [0.3, 0.4) is 0 Å². The molecular formula is C10H11NO. The average molecular weight is 161 g/mol. The topological polar surface area (TPSA) is 43.1 Å². The molecule has 0 fully saturated rings. The van der Waals surface area contributed by atoms with Crippen LogP contribution in [0.2, 0.25) is 0 Å². The molecule has 0 spiro atoms. The summed E-state index contributed by atoms with van der Waals surface area (Å²) in [6.45, 7) is 2.02. The van der Waals surface area contributed by atoms with E-state index >= 15 is 0 Å². The van der Waals surface area contributed by atoms with Crippen LogP contribution in [0.4, 0.5) is 0 Å². The van der Waals surface area contributed by atoms with Gasteiger partial charge in [-0.05, 0) is 18.9 Å². The van der Waals surface area contributed by atoms with Crippen LogP contribution in [0.5, 0.6) is 0 Å². The van der Waals surface area contributed by atoms with Gasteiger partial charge in [-0.1, -0.05) is 23.8 Å². The Hall–Kier alpha value is -1.15. The minimum atomic E-state index is -0.304. The molecule has 62 valence electrons. The second-order valence-corrected chi connectivity index (χ2v) is 3.34. The first-order valence-corrected chi connectivity index (χ1v) is 4.08. The lowest BCUT2D eigenvalue weighted by molar-refractivity contribution is 0.0974. The van der Waals surface area contributed by atoms with Crippen molar-refractivity contribution in [1.82, 2.24) is 0 Å². The SMILES string of the molecule is Cc1ccc2c(c1)CC(N)C2=O. The molecule has 1 atom stereocenters. The molecule has 2 heteroatoms. The molecule has 0 amide bonds. The van der Waals surface area contributed by atoms with Crippen molar-refractivity contribution in [3.8, 4) is 0 Å². The third kappa shape index (κ3) is 0.959. The standard InChI is InChI=1S/C10H11NO/c1-6-2-3-8-7(4-6)5-9(11)10(8)12/h2-4,9H,5,11H2,1H3. The lowest BCUT2D eigenvalue weighted by Gasteiger charge is -1.96. The minimum absolute atomic E-state index is 0.0880. The first-order chi connectivity index (χ1) is 5.68. The van der Waals surface area contributed by atoms with Gasteiger partial charge in [0.1, 0.15) is 0 Å². The van der Waals surface area contributed by atoms with Crippen LogP contribution in [-0.4, -0.2) is 11.8 Å². The van der Waals surface area contributed by atoms with E-state index in [2.05, 4.69) is 0 Å². The molecule has 0 radical (unpaired) electrons. The maximum absolute atomic E-state index is 11.4. The Labute approximate surface area is 71.4 Å². The molecule has 1 aromatic carbocycles. The van der Waals surface area contributed by atoms with E-state index in [1.165, 1.54) is 5.56 Å². The highest BCUT2D eigenvalue weighted by atomic mass is 16.1. The van der Waals surface area contributed by atoms with Gasteiger partial charge < -0.3 is 5.73 Å². The van der Waals surface area contributed by atoms with E-state index in [9.17, 15) is 4.79 Å². The van der Waals surface area contributed by atoms with Crippen molar-refractivity contribution >= 4 is 5.78 Å². The summed E-state index contributed by atoms with van der Waals surface area (Å²) in [6.07, 6.45) is 0.704. The molecule has 0 heterocycles. The minimum Gasteiger partial charge on any atom is -0.321 e. The number of rotatable bonds is 0. The first kappa shape index (κ1) is 7.50. The fraction of sp³-hybridized carbons (Fsp3) is 0.300. The van der Waals surface area contributed by atoms with Gasteiger partial charge in [-0.15, -0.1) is 0 Å². The fourth-order valence-corrected chi connectivity index (χ4v) is 1.66. The highest BCUT2D eigenvalue weighted by Gasteiger charge is 2.26. The van der Waals surface area contributed by atoms with Crippen molar-refractivity contribution in [2.45, 2.75) is 19.4 Å². The summed E-state index contributed by atoms with van der Waals surface area (Å²) < 4.78 is 0. The van der Waals surface area contributed by atoms with Crippen LogP contribution in [0, 0.1) is 6.92 Å². The largest absolute Gasteiger partial charge is 0.321 e. The lowest BCUT2D eigenvalue weighted by atomic mass is 10.1. The van der Waals surface area contributed by atoms with Gasteiger partial charge in [-0.2, -0.15) is 0 Å². The van der Waals surface area contributed by atoms with Crippen LogP contribution >= 0.6 is 0 Å². The highest BCUT2D eigenvalue weighted by Crippen LogP contribution is 2.21. The summed E-state index contributed by atoms with van der Waals surface area (Å²) in [4.78, 5) is 11.4. The molecule has 0 saturated carbocycles. The van der Waals surface area contributed by atoms with Gasteiger partial charge in [0.2, 0.25) is 0 Å². The van der Waals surface area contributed by atoms with E-state index in [1.807, 2.05) is 25.1 Å². The van der Waals surface area contributed by atoms with E-state index in [0.29, 0.717) is 6.42 Å². The van der Waals surface area contributed by atoms with Crippen LogP contribution in [0.15, 0.2) is 18.2 Å². The summed E-state index contributed by atoms with van der Waals surface area (Å²) in [5, 5.41) is 0. The third-order valence-corrected chi connectivity index (χ3v) is 2.30. The Balaban J connectivity index is 2.54. The van der Waals surface area contributed by atoms with Gasteiger partial charge in [-0.3, -0.25) is 4.79 Å². The van der Waals surface area contributed by atoms with Crippen LogP contribution in [0.25, 0.3) is 0 Å². The number of hydrogen-bond donors (Lipinski definition) is 1. The summed E-state index contributed by atoms with van der Waals surface area (Å²) >= 11 is 0. The Morgan fingerprint density at radius 3 is 3.00 bits per heavy atom.